The maximum atomic E-state index is 5.53. The van der Waals surface area contributed by atoms with E-state index in [1.165, 1.54) is 5.56 Å². The van der Waals surface area contributed by atoms with E-state index in [1.807, 2.05) is 31.2 Å². The van der Waals surface area contributed by atoms with Crippen molar-refractivity contribution in [3.8, 4) is 5.88 Å². The largest absolute Gasteiger partial charge is 0.478 e. The van der Waals surface area contributed by atoms with Gasteiger partial charge in [-0.25, -0.2) is 4.98 Å². The average molecular weight is 285 g/mol. The summed E-state index contributed by atoms with van der Waals surface area (Å²) in [6.45, 7) is 6.81. The van der Waals surface area contributed by atoms with Crippen LogP contribution in [0.25, 0.3) is 0 Å². The zero-order chi connectivity index (χ0) is 15.1. The number of nitrogens with zero attached hydrogens (tertiary/aromatic N) is 2. The minimum Gasteiger partial charge on any atom is -0.478 e. The molecule has 0 saturated heterocycles. The first kappa shape index (κ1) is 15.3. The lowest BCUT2D eigenvalue weighted by atomic mass is 10.1. The van der Waals surface area contributed by atoms with Gasteiger partial charge in [-0.1, -0.05) is 37.3 Å². The molecule has 0 aliphatic heterocycles. The van der Waals surface area contributed by atoms with Crippen molar-refractivity contribution < 1.29 is 4.74 Å². The molecule has 1 N–H and O–H groups in total. The lowest BCUT2D eigenvalue weighted by Gasteiger charge is -2.16. The zero-order valence-electron chi connectivity index (χ0n) is 13.0. The van der Waals surface area contributed by atoms with Crippen LogP contribution in [0.3, 0.4) is 0 Å². The summed E-state index contributed by atoms with van der Waals surface area (Å²) >= 11 is 0. The standard InChI is InChI=1S/C17H23N3O/c1-4-9-15-19-16(12-17(20-15)21-5-2)18-13(3)14-10-7-6-8-11-14/h6-8,10-13H,4-5,9H2,1-3H3,(H,18,19,20). The Labute approximate surface area is 126 Å². The van der Waals surface area contributed by atoms with Crippen LogP contribution in [0, 0.1) is 0 Å². The van der Waals surface area contributed by atoms with Crippen molar-refractivity contribution >= 4 is 5.82 Å². The molecule has 0 spiro atoms. The predicted molar refractivity (Wildman–Crippen MR) is 85.7 cm³/mol. The molecule has 2 aromatic rings. The van der Waals surface area contributed by atoms with Gasteiger partial charge in [0.15, 0.2) is 0 Å². The summed E-state index contributed by atoms with van der Waals surface area (Å²) in [7, 11) is 0. The first-order chi connectivity index (χ1) is 10.2. The Morgan fingerprint density at radius 3 is 2.57 bits per heavy atom. The molecular formula is C17H23N3O. The first-order valence-corrected chi connectivity index (χ1v) is 7.55. The van der Waals surface area contributed by atoms with Crippen molar-refractivity contribution in [3.63, 3.8) is 0 Å². The van der Waals surface area contributed by atoms with Crippen molar-refractivity contribution in [2.75, 3.05) is 11.9 Å². The fourth-order valence-electron chi connectivity index (χ4n) is 2.15. The Kier molecular flexibility index (Phi) is 5.55. The summed E-state index contributed by atoms with van der Waals surface area (Å²) in [5, 5.41) is 3.42. The van der Waals surface area contributed by atoms with E-state index in [-0.39, 0.29) is 6.04 Å². The number of anilines is 1. The molecule has 4 heteroatoms. The summed E-state index contributed by atoms with van der Waals surface area (Å²) in [6.07, 6.45) is 1.87. The lowest BCUT2D eigenvalue weighted by Crippen LogP contribution is -2.10. The van der Waals surface area contributed by atoms with Gasteiger partial charge >= 0.3 is 0 Å². The molecule has 0 saturated carbocycles. The summed E-state index contributed by atoms with van der Waals surface area (Å²) < 4.78 is 5.53. The third kappa shape index (κ3) is 4.45. The molecule has 0 bridgehead atoms. The fraction of sp³-hybridized carbons (Fsp3) is 0.412. The van der Waals surface area contributed by atoms with Crippen LogP contribution >= 0.6 is 0 Å². The highest BCUT2D eigenvalue weighted by Gasteiger charge is 2.09. The monoisotopic (exact) mass is 285 g/mol. The van der Waals surface area contributed by atoms with Crippen molar-refractivity contribution in [2.45, 2.75) is 39.7 Å². The number of aromatic nitrogens is 2. The highest BCUT2D eigenvalue weighted by atomic mass is 16.5. The second kappa shape index (κ2) is 7.62. The Balaban J connectivity index is 2.18. The van der Waals surface area contributed by atoms with Crippen LogP contribution in [0.15, 0.2) is 36.4 Å². The molecule has 1 unspecified atom stereocenters. The lowest BCUT2D eigenvalue weighted by molar-refractivity contribution is 0.325. The van der Waals surface area contributed by atoms with Crippen LogP contribution < -0.4 is 10.1 Å². The van der Waals surface area contributed by atoms with Crippen molar-refractivity contribution in [1.82, 2.24) is 9.97 Å². The second-order valence-electron chi connectivity index (χ2n) is 4.97. The van der Waals surface area contributed by atoms with Gasteiger partial charge in [0.25, 0.3) is 0 Å². The SMILES string of the molecule is CCCc1nc(NC(C)c2ccccc2)cc(OCC)n1. The molecule has 2 rings (SSSR count). The van der Waals surface area contributed by atoms with E-state index in [2.05, 4.69) is 41.3 Å². The van der Waals surface area contributed by atoms with E-state index in [0.717, 1.165) is 24.5 Å². The van der Waals surface area contributed by atoms with E-state index in [1.54, 1.807) is 0 Å². The summed E-state index contributed by atoms with van der Waals surface area (Å²) in [4.78, 5) is 8.99. The molecule has 1 heterocycles. The van der Waals surface area contributed by atoms with Gasteiger partial charge in [-0.05, 0) is 25.8 Å². The molecule has 21 heavy (non-hydrogen) atoms. The Morgan fingerprint density at radius 1 is 1.14 bits per heavy atom. The van der Waals surface area contributed by atoms with Gasteiger partial charge in [-0.3, -0.25) is 0 Å². The van der Waals surface area contributed by atoms with Gasteiger partial charge in [0.05, 0.1) is 6.61 Å². The highest BCUT2D eigenvalue weighted by Crippen LogP contribution is 2.20. The topological polar surface area (TPSA) is 47.0 Å². The molecule has 0 aliphatic carbocycles. The molecular weight excluding hydrogens is 262 g/mol. The third-order valence-electron chi connectivity index (χ3n) is 3.18. The predicted octanol–water partition coefficient (Wildman–Crippen LogP) is 4.00. The minimum absolute atomic E-state index is 0.185. The second-order valence-corrected chi connectivity index (χ2v) is 4.97. The highest BCUT2D eigenvalue weighted by molar-refractivity contribution is 5.41. The van der Waals surface area contributed by atoms with Crippen molar-refractivity contribution in [3.05, 3.63) is 47.8 Å². The smallest absolute Gasteiger partial charge is 0.218 e. The van der Waals surface area contributed by atoms with Gasteiger partial charge in [-0.2, -0.15) is 4.98 Å². The Bertz CT molecular complexity index is 533. The number of ether oxygens (including phenoxy) is 1. The molecule has 112 valence electrons. The van der Waals surface area contributed by atoms with Crippen LogP contribution in [-0.2, 0) is 6.42 Å². The summed E-state index contributed by atoms with van der Waals surface area (Å²) in [5.41, 5.74) is 1.23. The Hall–Kier alpha value is -2.10. The average Bonchev–Trinajstić information content (AvgIpc) is 2.48. The molecule has 0 aliphatic rings. The first-order valence-electron chi connectivity index (χ1n) is 7.55. The number of rotatable bonds is 7. The minimum atomic E-state index is 0.185. The molecule has 1 aromatic heterocycles. The summed E-state index contributed by atoms with van der Waals surface area (Å²) in [5.74, 6) is 2.28. The molecule has 1 aromatic carbocycles. The number of hydrogen-bond donors (Lipinski definition) is 1. The maximum Gasteiger partial charge on any atom is 0.218 e. The molecule has 0 fully saturated rings. The maximum absolute atomic E-state index is 5.53. The Morgan fingerprint density at radius 2 is 1.90 bits per heavy atom. The number of hydrogen-bond acceptors (Lipinski definition) is 4. The zero-order valence-corrected chi connectivity index (χ0v) is 13.0. The fourth-order valence-corrected chi connectivity index (χ4v) is 2.15. The van der Waals surface area contributed by atoms with Crippen LogP contribution in [0.5, 0.6) is 5.88 Å². The van der Waals surface area contributed by atoms with Gasteiger partial charge < -0.3 is 10.1 Å². The quantitative estimate of drug-likeness (QED) is 0.835. The van der Waals surface area contributed by atoms with Crippen LogP contribution in [0.1, 0.15) is 44.6 Å². The van der Waals surface area contributed by atoms with E-state index >= 15 is 0 Å². The summed E-state index contributed by atoms with van der Waals surface area (Å²) in [6, 6.07) is 12.4. The van der Waals surface area contributed by atoms with Gasteiger partial charge in [0.2, 0.25) is 5.88 Å². The van der Waals surface area contributed by atoms with Gasteiger partial charge in [0.1, 0.15) is 11.6 Å². The number of nitrogens with one attached hydrogen (secondary N) is 1. The third-order valence-corrected chi connectivity index (χ3v) is 3.18. The number of benzene rings is 1. The van der Waals surface area contributed by atoms with Crippen LogP contribution in [-0.4, -0.2) is 16.6 Å². The van der Waals surface area contributed by atoms with E-state index in [9.17, 15) is 0 Å². The molecule has 4 nitrogen and oxygen atoms in total. The van der Waals surface area contributed by atoms with E-state index < -0.39 is 0 Å². The molecule has 0 amide bonds. The van der Waals surface area contributed by atoms with Gasteiger partial charge in [-0.15, -0.1) is 0 Å². The molecule has 1 atom stereocenters. The van der Waals surface area contributed by atoms with Crippen molar-refractivity contribution in [1.29, 1.82) is 0 Å². The molecule has 0 radical (unpaired) electrons. The normalized spacial score (nSPS) is 12.0. The van der Waals surface area contributed by atoms with Crippen LogP contribution in [0.4, 0.5) is 5.82 Å². The van der Waals surface area contributed by atoms with Crippen LogP contribution in [0.2, 0.25) is 0 Å². The van der Waals surface area contributed by atoms with E-state index in [4.69, 9.17) is 4.74 Å². The van der Waals surface area contributed by atoms with E-state index in [0.29, 0.717) is 12.5 Å². The van der Waals surface area contributed by atoms with Crippen molar-refractivity contribution in [2.24, 2.45) is 0 Å². The number of aryl methyl sites for hydroxylation is 1. The van der Waals surface area contributed by atoms with Gasteiger partial charge in [0, 0.05) is 18.5 Å².